The molecule has 2 aromatic rings. The highest BCUT2D eigenvalue weighted by Gasteiger charge is 2.20. The van der Waals surface area contributed by atoms with Gasteiger partial charge >= 0.3 is 0 Å². The number of non-ortho nitro benzene ring substituents is 1. The van der Waals surface area contributed by atoms with Crippen LogP contribution in [0.1, 0.15) is 12.8 Å². The predicted octanol–water partition coefficient (Wildman–Crippen LogP) is 2.08. The second kappa shape index (κ2) is 3.97. The highest BCUT2D eigenvalue weighted by molar-refractivity contribution is 5.92. The zero-order valence-electron chi connectivity index (χ0n) is 10.2. The molecule has 2 heterocycles. The van der Waals surface area contributed by atoms with Crippen LogP contribution in [0, 0.1) is 10.1 Å². The van der Waals surface area contributed by atoms with Crippen molar-refractivity contribution < 1.29 is 4.92 Å². The standard InChI is InChI=1S/C12H14N4O2/c1-14-11-5-4-9(16(17)18)8-10(11)12(13-14)15-6-2-3-7-15/h4-5,8H,2-3,6-7H2,1H3. The zero-order valence-corrected chi connectivity index (χ0v) is 10.2. The summed E-state index contributed by atoms with van der Waals surface area (Å²) < 4.78 is 1.78. The molecule has 1 aliphatic rings. The molecule has 0 bridgehead atoms. The summed E-state index contributed by atoms with van der Waals surface area (Å²) in [6.07, 6.45) is 2.32. The van der Waals surface area contributed by atoms with E-state index in [1.807, 2.05) is 7.05 Å². The van der Waals surface area contributed by atoms with Crippen LogP contribution in [0.15, 0.2) is 18.2 Å². The number of rotatable bonds is 2. The van der Waals surface area contributed by atoms with Crippen molar-refractivity contribution in [2.45, 2.75) is 12.8 Å². The van der Waals surface area contributed by atoms with Crippen molar-refractivity contribution in [2.24, 2.45) is 7.05 Å². The van der Waals surface area contributed by atoms with E-state index in [-0.39, 0.29) is 10.6 Å². The van der Waals surface area contributed by atoms with Crippen LogP contribution in [0.3, 0.4) is 0 Å². The number of hydrogen-bond donors (Lipinski definition) is 0. The molecule has 6 nitrogen and oxygen atoms in total. The highest BCUT2D eigenvalue weighted by Crippen LogP contribution is 2.30. The largest absolute Gasteiger partial charge is 0.355 e. The average Bonchev–Trinajstić information content (AvgIpc) is 2.97. The predicted molar refractivity (Wildman–Crippen MR) is 68.8 cm³/mol. The van der Waals surface area contributed by atoms with Crippen molar-refractivity contribution in [1.29, 1.82) is 0 Å². The first-order valence-corrected chi connectivity index (χ1v) is 6.03. The van der Waals surface area contributed by atoms with Crippen molar-refractivity contribution in [3.63, 3.8) is 0 Å². The molecule has 0 spiro atoms. The van der Waals surface area contributed by atoms with E-state index in [1.165, 1.54) is 6.07 Å². The molecule has 1 aromatic carbocycles. The summed E-state index contributed by atoms with van der Waals surface area (Å²) in [4.78, 5) is 12.7. The summed E-state index contributed by atoms with van der Waals surface area (Å²) in [7, 11) is 1.87. The lowest BCUT2D eigenvalue weighted by Crippen LogP contribution is -2.18. The Morgan fingerprint density at radius 3 is 2.72 bits per heavy atom. The van der Waals surface area contributed by atoms with Gasteiger partial charge < -0.3 is 4.90 Å². The summed E-state index contributed by atoms with van der Waals surface area (Å²) in [5.74, 6) is 0.869. The number of anilines is 1. The summed E-state index contributed by atoms with van der Waals surface area (Å²) >= 11 is 0. The molecule has 0 amide bonds. The third-order valence-corrected chi connectivity index (χ3v) is 3.43. The maximum atomic E-state index is 10.8. The minimum atomic E-state index is -0.361. The van der Waals surface area contributed by atoms with Gasteiger partial charge in [-0.1, -0.05) is 0 Å². The fourth-order valence-corrected chi connectivity index (χ4v) is 2.51. The van der Waals surface area contributed by atoms with E-state index in [1.54, 1.807) is 16.8 Å². The Balaban J connectivity index is 2.18. The molecule has 3 rings (SSSR count). The molecule has 1 saturated heterocycles. The monoisotopic (exact) mass is 246 g/mol. The van der Waals surface area contributed by atoms with E-state index in [4.69, 9.17) is 0 Å². The first-order chi connectivity index (χ1) is 8.66. The lowest BCUT2D eigenvalue weighted by atomic mass is 10.2. The van der Waals surface area contributed by atoms with Gasteiger partial charge in [-0.15, -0.1) is 0 Å². The number of aryl methyl sites for hydroxylation is 1. The first kappa shape index (κ1) is 11.0. The molecule has 1 aliphatic heterocycles. The van der Waals surface area contributed by atoms with Gasteiger partial charge in [-0.25, -0.2) is 0 Å². The Morgan fingerprint density at radius 1 is 1.33 bits per heavy atom. The van der Waals surface area contributed by atoms with Crippen molar-refractivity contribution >= 4 is 22.4 Å². The van der Waals surface area contributed by atoms with Gasteiger partial charge in [0.15, 0.2) is 5.82 Å². The number of aromatic nitrogens is 2. The van der Waals surface area contributed by atoms with Crippen molar-refractivity contribution in [1.82, 2.24) is 9.78 Å². The van der Waals surface area contributed by atoms with Gasteiger partial charge in [0.05, 0.1) is 15.8 Å². The number of nitro groups is 1. The molecular formula is C12H14N4O2. The highest BCUT2D eigenvalue weighted by atomic mass is 16.6. The number of fused-ring (bicyclic) bond motifs is 1. The third kappa shape index (κ3) is 1.61. The van der Waals surface area contributed by atoms with Crippen LogP contribution in [-0.4, -0.2) is 27.8 Å². The van der Waals surface area contributed by atoms with Gasteiger partial charge in [0.25, 0.3) is 5.69 Å². The Labute approximate surface area is 104 Å². The van der Waals surface area contributed by atoms with E-state index in [9.17, 15) is 10.1 Å². The number of nitrogens with zero attached hydrogens (tertiary/aromatic N) is 4. The summed E-state index contributed by atoms with van der Waals surface area (Å²) in [5.41, 5.74) is 1.05. The van der Waals surface area contributed by atoms with Crippen LogP contribution >= 0.6 is 0 Å². The van der Waals surface area contributed by atoms with Gasteiger partial charge in [-0.3, -0.25) is 14.8 Å². The minimum Gasteiger partial charge on any atom is -0.355 e. The summed E-state index contributed by atoms with van der Waals surface area (Å²) in [5, 5.41) is 16.2. The number of benzene rings is 1. The maximum absolute atomic E-state index is 10.8. The van der Waals surface area contributed by atoms with Crippen molar-refractivity contribution in [2.75, 3.05) is 18.0 Å². The van der Waals surface area contributed by atoms with E-state index in [2.05, 4.69) is 10.00 Å². The minimum absolute atomic E-state index is 0.121. The van der Waals surface area contributed by atoms with Crippen LogP contribution in [-0.2, 0) is 7.05 Å². The second-order valence-corrected chi connectivity index (χ2v) is 4.60. The Bertz CT molecular complexity index is 614. The molecule has 0 atom stereocenters. The van der Waals surface area contributed by atoms with E-state index in [0.717, 1.165) is 42.7 Å². The first-order valence-electron chi connectivity index (χ1n) is 6.03. The average molecular weight is 246 g/mol. The second-order valence-electron chi connectivity index (χ2n) is 4.60. The molecular weight excluding hydrogens is 232 g/mol. The molecule has 0 N–H and O–H groups in total. The van der Waals surface area contributed by atoms with E-state index >= 15 is 0 Å². The molecule has 18 heavy (non-hydrogen) atoms. The molecule has 6 heteroatoms. The van der Waals surface area contributed by atoms with Gasteiger partial charge in [-0.05, 0) is 18.9 Å². The summed E-state index contributed by atoms with van der Waals surface area (Å²) in [6.45, 7) is 1.96. The lowest BCUT2D eigenvalue weighted by molar-refractivity contribution is -0.384. The summed E-state index contributed by atoms with van der Waals surface area (Å²) in [6, 6.07) is 4.91. The lowest BCUT2D eigenvalue weighted by Gasteiger charge is -2.13. The Morgan fingerprint density at radius 2 is 2.06 bits per heavy atom. The fraction of sp³-hybridized carbons (Fsp3) is 0.417. The van der Waals surface area contributed by atoms with Crippen LogP contribution < -0.4 is 4.90 Å². The van der Waals surface area contributed by atoms with Crippen LogP contribution in [0.4, 0.5) is 11.5 Å². The smallest absolute Gasteiger partial charge is 0.270 e. The van der Waals surface area contributed by atoms with E-state index < -0.39 is 0 Å². The Kier molecular flexibility index (Phi) is 2.43. The van der Waals surface area contributed by atoms with Crippen LogP contribution in [0.5, 0.6) is 0 Å². The van der Waals surface area contributed by atoms with Crippen LogP contribution in [0.25, 0.3) is 10.9 Å². The normalized spacial score (nSPS) is 15.5. The molecule has 1 fully saturated rings. The topological polar surface area (TPSA) is 64.2 Å². The van der Waals surface area contributed by atoms with Gasteiger partial charge in [-0.2, -0.15) is 5.10 Å². The molecule has 94 valence electrons. The van der Waals surface area contributed by atoms with Gasteiger partial charge in [0.1, 0.15) is 0 Å². The molecule has 0 aliphatic carbocycles. The number of nitro benzene ring substituents is 1. The van der Waals surface area contributed by atoms with Gasteiger partial charge in [0, 0.05) is 32.3 Å². The Hall–Kier alpha value is -2.11. The maximum Gasteiger partial charge on any atom is 0.270 e. The molecule has 0 radical (unpaired) electrons. The zero-order chi connectivity index (χ0) is 12.7. The van der Waals surface area contributed by atoms with Gasteiger partial charge in [0.2, 0.25) is 0 Å². The van der Waals surface area contributed by atoms with Crippen LogP contribution in [0.2, 0.25) is 0 Å². The van der Waals surface area contributed by atoms with Crippen molar-refractivity contribution in [3.8, 4) is 0 Å². The molecule has 1 aromatic heterocycles. The third-order valence-electron chi connectivity index (χ3n) is 3.43. The number of hydrogen-bond acceptors (Lipinski definition) is 4. The SMILES string of the molecule is Cn1nc(N2CCCC2)c2cc([N+](=O)[O-])ccc21. The molecule has 0 unspecified atom stereocenters. The molecule has 0 saturated carbocycles. The van der Waals surface area contributed by atoms with Crippen molar-refractivity contribution in [3.05, 3.63) is 28.3 Å². The quantitative estimate of drug-likeness (QED) is 0.601. The van der Waals surface area contributed by atoms with E-state index in [0.29, 0.717) is 0 Å². The fourth-order valence-electron chi connectivity index (χ4n) is 2.51.